The fraction of sp³-hybridized carbons (Fsp3) is 0.350. The number of likely N-dealkylation sites (N-methyl/N-ethyl adjacent to an activating group) is 1. The Morgan fingerprint density at radius 3 is 2.35 bits per heavy atom. The molecule has 2 amide bonds. The molecule has 1 heterocycles. The van der Waals surface area contributed by atoms with Crippen molar-refractivity contribution in [3.8, 4) is 17.2 Å². The highest BCUT2D eigenvalue weighted by Gasteiger charge is 2.35. The quantitative estimate of drug-likeness (QED) is 0.165. The maximum Gasteiger partial charge on any atom is 0.416 e. The fourth-order valence-corrected chi connectivity index (χ4v) is 6.06. The summed E-state index contributed by atoms with van der Waals surface area (Å²) in [6, 6.07) is 24.6. The minimum Gasteiger partial charge on any atom is -0.486 e. The van der Waals surface area contributed by atoms with Crippen molar-refractivity contribution >= 4 is 17.5 Å². The van der Waals surface area contributed by atoms with Crippen LogP contribution in [0.25, 0.3) is 0 Å². The van der Waals surface area contributed by atoms with Crippen LogP contribution in [0.2, 0.25) is 0 Å². The van der Waals surface area contributed by atoms with Crippen molar-refractivity contribution in [2.75, 3.05) is 32.1 Å². The first kappa shape index (κ1) is 37.4. The number of halogens is 3. The Bertz CT molecular complexity index is 1810. The second kappa shape index (κ2) is 16.0. The van der Waals surface area contributed by atoms with Crippen LogP contribution < -0.4 is 14.8 Å². The summed E-state index contributed by atoms with van der Waals surface area (Å²) >= 11 is 0. The zero-order valence-corrected chi connectivity index (χ0v) is 29.4. The molecule has 0 aliphatic carbocycles. The number of aliphatic hydroxyl groups excluding tert-OH is 1. The maximum atomic E-state index is 13.9. The van der Waals surface area contributed by atoms with E-state index in [9.17, 15) is 27.9 Å². The van der Waals surface area contributed by atoms with Gasteiger partial charge in [0, 0.05) is 25.6 Å². The summed E-state index contributed by atoms with van der Waals surface area (Å²) in [6.45, 7) is 8.54. The molecule has 8 nitrogen and oxygen atoms in total. The van der Waals surface area contributed by atoms with Gasteiger partial charge >= 0.3 is 6.18 Å². The van der Waals surface area contributed by atoms with Gasteiger partial charge in [-0.15, -0.1) is 0 Å². The van der Waals surface area contributed by atoms with E-state index in [1.54, 1.807) is 36.9 Å². The van der Waals surface area contributed by atoms with Crippen molar-refractivity contribution in [1.29, 1.82) is 0 Å². The molecule has 51 heavy (non-hydrogen) atoms. The van der Waals surface area contributed by atoms with Crippen LogP contribution >= 0.6 is 0 Å². The third-order valence-electron chi connectivity index (χ3n) is 9.27. The van der Waals surface area contributed by atoms with E-state index < -0.39 is 35.7 Å². The van der Waals surface area contributed by atoms with Crippen LogP contribution in [0.1, 0.15) is 59.3 Å². The van der Waals surface area contributed by atoms with Crippen molar-refractivity contribution in [2.45, 2.75) is 58.5 Å². The number of carbonyl (C=O) groups is 2. The molecule has 0 aromatic heterocycles. The molecule has 4 atom stereocenters. The van der Waals surface area contributed by atoms with Gasteiger partial charge in [0.05, 0.1) is 35.4 Å². The second-order valence-corrected chi connectivity index (χ2v) is 13.3. The number of benzene rings is 4. The highest BCUT2D eigenvalue weighted by atomic mass is 19.4. The van der Waals surface area contributed by atoms with Crippen LogP contribution in [-0.2, 0) is 17.5 Å². The summed E-state index contributed by atoms with van der Waals surface area (Å²) in [4.78, 5) is 31.1. The van der Waals surface area contributed by atoms with E-state index in [-0.39, 0.29) is 35.4 Å². The number of hydrogen-bond acceptors (Lipinski definition) is 6. The van der Waals surface area contributed by atoms with Crippen LogP contribution in [0.4, 0.5) is 18.9 Å². The van der Waals surface area contributed by atoms with E-state index in [1.165, 1.54) is 12.1 Å². The fourth-order valence-electron chi connectivity index (χ4n) is 6.06. The monoisotopic (exact) mass is 703 g/mol. The number of alkyl halides is 3. The van der Waals surface area contributed by atoms with Gasteiger partial charge in [-0.1, -0.05) is 55.5 Å². The van der Waals surface area contributed by atoms with Gasteiger partial charge in [0.2, 0.25) is 5.91 Å². The lowest BCUT2D eigenvalue weighted by Gasteiger charge is -2.38. The molecule has 1 unspecified atom stereocenters. The lowest BCUT2D eigenvalue weighted by molar-refractivity contribution is -0.137. The first-order valence-electron chi connectivity index (χ1n) is 17.0. The van der Waals surface area contributed by atoms with Crippen molar-refractivity contribution in [3.05, 3.63) is 119 Å². The van der Waals surface area contributed by atoms with Crippen LogP contribution in [0, 0.1) is 12.8 Å². The summed E-state index contributed by atoms with van der Waals surface area (Å²) in [5.74, 6) is -0.0531. The highest BCUT2D eigenvalue weighted by Crippen LogP contribution is 2.36. The lowest BCUT2D eigenvalue weighted by atomic mass is 9.97. The topological polar surface area (TPSA) is 91.3 Å². The number of amides is 2. The van der Waals surface area contributed by atoms with Crippen LogP contribution in [-0.4, -0.2) is 65.6 Å². The number of para-hydroxylation sites is 2. The average Bonchev–Trinajstić information content (AvgIpc) is 3.10. The SMILES string of the molecule is Cc1ccccc1Oc1ccc(CN(C)C[C@H]2Oc3c(NC(=O)C(C)c4ccc(C(F)(F)F)cc4)cccc3C(=O)N([C@@H](C)CO)C[C@H]2C)cc1. The highest BCUT2D eigenvalue weighted by molar-refractivity contribution is 6.02. The van der Waals surface area contributed by atoms with Crippen LogP contribution in [0.5, 0.6) is 17.2 Å². The van der Waals surface area contributed by atoms with E-state index in [0.717, 1.165) is 34.8 Å². The molecule has 4 aromatic rings. The van der Waals surface area contributed by atoms with Gasteiger partial charge in [0.25, 0.3) is 5.91 Å². The van der Waals surface area contributed by atoms with Crippen molar-refractivity contribution in [3.63, 3.8) is 0 Å². The Hall–Kier alpha value is -4.87. The molecule has 0 saturated carbocycles. The standard InChI is InChI=1S/C40H44F3N3O5/c1-25-9-6-7-12-35(25)50-32-19-13-29(14-20-32)22-45(5)23-36-26(2)21-46(27(3)24-47)39(49)33-10-8-11-34(37(33)51-36)44-38(48)28(4)30-15-17-31(18-16-30)40(41,42)43/h6-20,26-28,36,47H,21-24H2,1-5H3,(H,44,48)/t26-,27+,28?,36-/m1/s1. The summed E-state index contributed by atoms with van der Waals surface area (Å²) in [5, 5.41) is 12.9. The molecule has 2 N–H and O–H groups in total. The Morgan fingerprint density at radius 1 is 1.02 bits per heavy atom. The number of carbonyl (C=O) groups excluding carboxylic acids is 2. The molecular weight excluding hydrogens is 659 g/mol. The molecule has 1 aliphatic heterocycles. The minimum absolute atomic E-state index is 0.168. The third-order valence-corrected chi connectivity index (χ3v) is 9.27. The number of nitrogens with one attached hydrogen (secondary N) is 1. The number of aryl methyl sites for hydroxylation is 1. The molecule has 0 fully saturated rings. The summed E-state index contributed by atoms with van der Waals surface area (Å²) in [5.41, 5.74) is 2.21. The first-order valence-corrected chi connectivity index (χ1v) is 17.0. The van der Waals surface area contributed by atoms with Gasteiger partial charge in [0.15, 0.2) is 5.75 Å². The number of nitrogens with zero attached hydrogens (tertiary/aromatic N) is 2. The normalized spacial score (nSPS) is 17.5. The van der Waals surface area contributed by atoms with Gasteiger partial charge < -0.3 is 24.8 Å². The van der Waals surface area contributed by atoms with Gasteiger partial charge in [-0.2, -0.15) is 13.2 Å². The Balaban J connectivity index is 1.36. The molecular formula is C40H44F3N3O5. The molecule has 0 bridgehead atoms. The first-order chi connectivity index (χ1) is 24.2. The zero-order valence-electron chi connectivity index (χ0n) is 29.4. The smallest absolute Gasteiger partial charge is 0.416 e. The lowest BCUT2D eigenvalue weighted by Crippen LogP contribution is -2.49. The number of aliphatic hydroxyl groups is 1. The van der Waals surface area contributed by atoms with Crippen molar-refractivity contribution in [1.82, 2.24) is 9.80 Å². The molecule has 11 heteroatoms. The molecule has 0 spiro atoms. The molecule has 1 aliphatic rings. The molecule has 4 aromatic carbocycles. The van der Waals surface area contributed by atoms with Gasteiger partial charge in [0.1, 0.15) is 17.6 Å². The number of ether oxygens (including phenoxy) is 2. The van der Waals surface area contributed by atoms with Crippen molar-refractivity contribution in [2.24, 2.45) is 5.92 Å². The molecule has 0 saturated heterocycles. The van der Waals surface area contributed by atoms with Crippen molar-refractivity contribution < 1.29 is 37.3 Å². The summed E-state index contributed by atoms with van der Waals surface area (Å²) in [7, 11) is 1.98. The van der Waals surface area contributed by atoms with E-state index >= 15 is 0 Å². The number of fused-ring (bicyclic) bond motifs is 1. The third kappa shape index (κ3) is 9.08. The van der Waals surface area contributed by atoms with E-state index in [1.807, 2.05) is 69.4 Å². The van der Waals surface area contributed by atoms with Crippen LogP contribution in [0.15, 0.2) is 91.0 Å². The minimum atomic E-state index is -4.49. The van der Waals surface area contributed by atoms with Gasteiger partial charge in [-0.25, -0.2) is 0 Å². The zero-order chi connectivity index (χ0) is 36.9. The maximum absolute atomic E-state index is 13.9. The van der Waals surface area contributed by atoms with Gasteiger partial charge in [-0.3, -0.25) is 14.5 Å². The van der Waals surface area contributed by atoms with E-state index in [4.69, 9.17) is 9.47 Å². The molecule has 5 rings (SSSR count). The molecule has 270 valence electrons. The predicted octanol–water partition coefficient (Wildman–Crippen LogP) is 7.90. The predicted molar refractivity (Wildman–Crippen MR) is 190 cm³/mol. The Morgan fingerprint density at radius 2 is 1.71 bits per heavy atom. The second-order valence-electron chi connectivity index (χ2n) is 13.3. The average molecular weight is 704 g/mol. The number of anilines is 1. The van der Waals surface area contributed by atoms with E-state index in [2.05, 4.69) is 10.2 Å². The summed E-state index contributed by atoms with van der Waals surface area (Å²) in [6.07, 6.45) is -4.91. The van der Waals surface area contributed by atoms with E-state index in [0.29, 0.717) is 25.2 Å². The largest absolute Gasteiger partial charge is 0.486 e. The van der Waals surface area contributed by atoms with Gasteiger partial charge in [-0.05, 0) is 87.0 Å². The summed E-state index contributed by atoms with van der Waals surface area (Å²) < 4.78 is 52.0. The molecule has 0 radical (unpaired) electrons. The Kier molecular flexibility index (Phi) is 11.7. The van der Waals surface area contributed by atoms with Crippen LogP contribution in [0.3, 0.4) is 0 Å². The number of rotatable bonds is 11. The number of hydrogen-bond donors (Lipinski definition) is 2. The Labute approximate surface area is 296 Å².